The molecule has 1 saturated heterocycles. The lowest BCUT2D eigenvalue weighted by Gasteiger charge is -2.25. The molecule has 0 aromatic heterocycles. The van der Waals surface area contributed by atoms with Crippen LogP contribution in [0.1, 0.15) is 38.8 Å². The van der Waals surface area contributed by atoms with E-state index in [1.807, 2.05) is 32.0 Å². The second-order valence-electron chi connectivity index (χ2n) is 6.56. The number of aliphatic carboxylic acids is 1. The zero-order chi connectivity index (χ0) is 17.9. The van der Waals surface area contributed by atoms with Gasteiger partial charge in [0.15, 0.2) is 0 Å². The van der Waals surface area contributed by atoms with Crippen LogP contribution in [0.4, 0.5) is 0 Å². The molecule has 0 aliphatic carbocycles. The molecule has 1 aliphatic heterocycles. The molecule has 24 heavy (non-hydrogen) atoms. The highest BCUT2D eigenvalue weighted by Gasteiger charge is 2.37. The number of carboxylic acid groups (broad SMARTS) is 1. The SMILES string of the molecule is CC(C)N1C[C@@H](C(=O)N[C@H](c2ccccc2)[C@H](C)C(=O)O)CC1=O. The van der Waals surface area contributed by atoms with E-state index in [0.717, 1.165) is 5.56 Å². The summed E-state index contributed by atoms with van der Waals surface area (Å²) in [4.78, 5) is 37.6. The van der Waals surface area contributed by atoms with Crippen molar-refractivity contribution >= 4 is 17.8 Å². The highest BCUT2D eigenvalue weighted by atomic mass is 16.4. The molecule has 2 N–H and O–H groups in total. The Morgan fingerprint density at radius 3 is 2.33 bits per heavy atom. The molecule has 0 radical (unpaired) electrons. The summed E-state index contributed by atoms with van der Waals surface area (Å²) in [7, 11) is 0. The number of carbonyl (C=O) groups is 3. The summed E-state index contributed by atoms with van der Waals surface area (Å²) in [6.07, 6.45) is 0.174. The molecule has 2 rings (SSSR count). The van der Waals surface area contributed by atoms with Crippen LogP contribution >= 0.6 is 0 Å². The quantitative estimate of drug-likeness (QED) is 0.832. The first-order chi connectivity index (χ1) is 11.3. The van der Waals surface area contributed by atoms with E-state index in [2.05, 4.69) is 5.32 Å². The van der Waals surface area contributed by atoms with Crippen LogP contribution in [-0.4, -0.2) is 40.4 Å². The number of nitrogens with one attached hydrogen (secondary N) is 1. The third-order valence-electron chi connectivity index (χ3n) is 4.50. The second-order valence-corrected chi connectivity index (χ2v) is 6.56. The topological polar surface area (TPSA) is 86.7 Å². The Morgan fingerprint density at radius 2 is 1.83 bits per heavy atom. The Morgan fingerprint density at radius 1 is 1.21 bits per heavy atom. The number of likely N-dealkylation sites (tertiary alicyclic amines) is 1. The van der Waals surface area contributed by atoms with Gasteiger partial charge in [0.25, 0.3) is 0 Å². The average molecular weight is 332 g/mol. The zero-order valence-electron chi connectivity index (χ0n) is 14.2. The molecule has 0 spiro atoms. The maximum absolute atomic E-state index is 12.6. The van der Waals surface area contributed by atoms with Crippen LogP contribution in [0.2, 0.25) is 0 Å². The molecule has 6 nitrogen and oxygen atoms in total. The van der Waals surface area contributed by atoms with Gasteiger partial charge in [-0.05, 0) is 26.3 Å². The van der Waals surface area contributed by atoms with Crippen LogP contribution in [0.3, 0.4) is 0 Å². The largest absolute Gasteiger partial charge is 0.481 e. The number of hydrogen-bond donors (Lipinski definition) is 2. The van der Waals surface area contributed by atoms with E-state index in [0.29, 0.717) is 6.54 Å². The molecular formula is C18H24N2O4. The summed E-state index contributed by atoms with van der Waals surface area (Å²) in [6.45, 7) is 5.78. The first kappa shape index (κ1) is 18.0. The van der Waals surface area contributed by atoms with Gasteiger partial charge in [-0.2, -0.15) is 0 Å². The van der Waals surface area contributed by atoms with Crippen LogP contribution in [-0.2, 0) is 14.4 Å². The van der Waals surface area contributed by atoms with Gasteiger partial charge in [0.1, 0.15) is 0 Å². The molecule has 3 atom stereocenters. The molecular weight excluding hydrogens is 308 g/mol. The first-order valence-corrected chi connectivity index (χ1v) is 8.18. The minimum atomic E-state index is -0.976. The van der Waals surface area contributed by atoms with E-state index in [4.69, 9.17) is 0 Å². The van der Waals surface area contributed by atoms with Crippen molar-refractivity contribution in [3.05, 3.63) is 35.9 Å². The second kappa shape index (κ2) is 7.47. The number of nitrogens with zero attached hydrogens (tertiary/aromatic N) is 1. The number of carboxylic acids is 1. The summed E-state index contributed by atoms with van der Waals surface area (Å²) in [5, 5.41) is 12.2. The molecule has 1 aromatic carbocycles. The summed E-state index contributed by atoms with van der Waals surface area (Å²) >= 11 is 0. The van der Waals surface area contributed by atoms with Crippen molar-refractivity contribution in [3.8, 4) is 0 Å². The van der Waals surface area contributed by atoms with Gasteiger partial charge >= 0.3 is 5.97 Å². The third kappa shape index (κ3) is 3.93. The Bertz CT molecular complexity index is 615. The van der Waals surface area contributed by atoms with Crippen molar-refractivity contribution in [2.75, 3.05) is 6.54 Å². The van der Waals surface area contributed by atoms with Gasteiger partial charge in [0.05, 0.1) is 17.9 Å². The lowest BCUT2D eigenvalue weighted by atomic mass is 9.93. The number of rotatable bonds is 6. The van der Waals surface area contributed by atoms with Crippen molar-refractivity contribution in [1.29, 1.82) is 0 Å². The van der Waals surface area contributed by atoms with E-state index in [1.54, 1.807) is 24.0 Å². The average Bonchev–Trinajstić information content (AvgIpc) is 2.94. The van der Waals surface area contributed by atoms with Gasteiger partial charge in [-0.25, -0.2) is 0 Å². The molecule has 1 aromatic rings. The minimum Gasteiger partial charge on any atom is -0.481 e. The molecule has 0 bridgehead atoms. The summed E-state index contributed by atoms with van der Waals surface area (Å²) in [5.41, 5.74) is 0.741. The Kier molecular flexibility index (Phi) is 5.59. The molecule has 0 unspecified atom stereocenters. The lowest BCUT2D eigenvalue weighted by molar-refractivity contribution is -0.142. The molecule has 1 aliphatic rings. The maximum Gasteiger partial charge on any atom is 0.308 e. The Balaban J connectivity index is 2.14. The van der Waals surface area contributed by atoms with E-state index >= 15 is 0 Å². The van der Waals surface area contributed by atoms with E-state index in [1.165, 1.54) is 0 Å². The summed E-state index contributed by atoms with van der Waals surface area (Å²) < 4.78 is 0. The van der Waals surface area contributed by atoms with Crippen LogP contribution in [0.5, 0.6) is 0 Å². The highest BCUT2D eigenvalue weighted by molar-refractivity contribution is 5.89. The lowest BCUT2D eigenvalue weighted by Crippen LogP contribution is -2.40. The van der Waals surface area contributed by atoms with Crippen molar-refractivity contribution < 1.29 is 19.5 Å². The fourth-order valence-corrected chi connectivity index (χ4v) is 2.98. The van der Waals surface area contributed by atoms with Crippen LogP contribution in [0.15, 0.2) is 30.3 Å². The third-order valence-corrected chi connectivity index (χ3v) is 4.50. The number of carbonyl (C=O) groups excluding carboxylic acids is 2. The fourth-order valence-electron chi connectivity index (χ4n) is 2.98. The van der Waals surface area contributed by atoms with Gasteiger partial charge in [0, 0.05) is 19.0 Å². The molecule has 1 heterocycles. The summed E-state index contributed by atoms with van der Waals surface area (Å²) in [6, 6.07) is 8.47. The fraction of sp³-hybridized carbons (Fsp3) is 0.500. The van der Waals surface area contributed by atoms with Gasteiger partial charge in [-0.3, -0.25) is 14.4 Å². The maximum atomic E-state index is 12.6. The van der Waals surface area contributed by atoms with E-state index in [9.17, 15) is 19.5 Å². The van der Waals surface area contributed by atoms with Crippen molar-refractivity contribution in [2.24, 2.45) is 11.8 Å². The van der Waals surface area contributed by atoms with Crippen molar-refractivity contribution in [1.82, 2.24) is 10.2 Å². The van der Waals surface area contributed by atoms with Gasteiger partial charge in [-0.15, -0.1) is 0 Å². The van der Waals surface area contributed by atoms with E-state index in [-0.39, 0.29) is 24.3 Å². The van der Waals surface area contributed by atoms with Crippen molar-refractivity contribution in [2.45, 2.75) is 39.3 Å². The Hall–Kier alpha value is -2.37. The first-order valence-electron chi connectivity index (χ1n) is 8.18. The Labute approximate surface area is 141 Å². The van der Waals surface area contributed by atoms with Gasteiger partial charge in [-0.1, -0.05) is 30.3 Å². The predicted molar refractivity (Wildman–Crippen MR) is 89.1 cm³/mol. The zero-order valence-corrected chi connectivity index (χ0v) is 14.2. The molecule has 6 heteroatoms. The number of benzene rings is 1. The van der Waals surface area contributed by atoms with Crippen LogP contribution < -0.4 is 5.32 Å². The smallest absolute Gasteiger partial charge is 0.308 e. The molecule has 1 fully saturated rings. The molecule has 2 amide bonds. The monoisotopic (exact) mass is 332 g/mol. The molecule has 0 saturated carbocycles. The highest BCUT2D eigenvalue weighted by Crippen LogP contribution is 2.25. The minimum absolute atomic E-state index is 0.0345. The van der Waals surface area contributed by atoms with E-state index < -0.39 is 23.8 Å². The van der Waals surface area contributed by atoms with Crippen LogP contribution in [0, 0.1) is 11.8 Å². The normalized spacial score (nSPS) is 20.1. The van der Waals surface area contributed by atoms with Crippen LogP contribution in [0.25, 0.3) is 0 Å². The number of amides is 2. The van der Waals surface area contributed by atoms with Crippen molar-refractivity contribution in [3.63, 3.8) is 0 Å². The predicted octanol–water partition coefficient (Wildman–Crippen LogP) is 1.82. The number of hydrogen-bond acceptors (Lipinski definition) is 3. The molecule has 130 valence electrons. The standard InChI is InChI=1S/C18H24N2O4/c1-11(2)20-10-14(9-15(20)21)17(22)19-16(12(3)18(23)24)13-7-5-4-6-8-13/h4-8,11-12,14,16H,9-10H2,1-3H3,(H,19,22)(H,23,24)/t12-,14-,16-/m0/s1. The van der Waals surface area contributed by atoms with Gasteiger partial charge < -0.3 is 15.3 Å². The summed E-state index contributed by atoms with van der Waals surface area (Å²) in [5.74, 6) is -2.49. The van der Waals surface area contributed by atoms with Gasteiger partial charge in [0.2, 0.25) is 11.8 Å².